The van der Waals surface area contributed by atoms with Crippen molar-refractivity contribution in [3.05, 3.63) is 30.1 Å². The van der Waals surface area contributed by atoms with E-state index in [1.165, 1.54) is 12.1 Å². The van der Waals surface area contributed by atoms with Gasteiger partial charge >= 0.3 is 0 Å². The summed E-state index contributed by atoms with van der Waals surface area (Å²) in [7, 11) is 3.64. The molecule has 0 atom stereocenters. The van der Waals surface area contributed by atoms with E-state index in [1.54, 1.807) is 24.1 Å². The molecule has 5 heteroatoms. The zero-order valence-corrected chi connectivity index (χ0v) is 11.5. The summed E-state index contributed by atoms with van der Waals surface area (Å²) in [5, 5.41) is 2.99. The van der Waals surface area contributed by atoms with Gasteiger partial charge in [0.1, 0.15) is 11.6 Å². The number of nitrogens with zero attached hydrogens (tertiary/aromatic N) is 1. The summed E-state index contributed by atoms with van der Waals surface area (Å²) in [5.74, 6) is 0.273. The van der Waals surface area contributed by atoms with Crippen molar-refractivity contribution in [3.8, 4) is 5.75 Å². The standard InChI is InChI=1S/C14H21FN2O2/c1-16-8-9-17(2)14(18)7-4-10-19-13-6-3-5-12(15)11-13/h3,5-6,11,16H,4,7-10H2,1-2H3. The molecule has 4 nitrogen and oxygen atoms in total. The van der Waals surface area contributed by atoms with Gasteiger partial charge in [0.05, 0.1) is 6.61 Å². The quantitative estimate of drug-likeness (QED) is 0.729. The highest BCUT2D eigenvalue weighted by molar-refractivity contribution is 5.75. The van der Waals surface area contributed by atoms with E-state index in [0.717, 1.165) is 6.54 Å². The van der Waals surface area contributed by atoms with Gasteiger partial charge in [0.2, 0.25) is 5.91 Å². The fraction of sp³-hybridized carbons (Fsp3) is 0.500. The van der Waals surface area contributed by atoms with E-state index in [9.17, 15) is 9.18 Å². The highest BCUT2D eigenvalue weighted by Gasteiger charge is 2.07. The summed E-state index contributed by atoms with van der Waals surface area (Å²) in [6.07, 6.45) is 1.06. The lowest BCUT2D eigenvalue weighted by Crippen LogP contribution is -2.32. The summed E-state index contributed by atoms with van der Waals surface area (Å²) in [6, 6.07) is 6.00. The molecule has 0 aliphatic heterocycles. The topological polar surface area (TPSA) is 41.6 Å². The number of nitrogens with one attached hydrogen (secondary N) is 1. The average Bonchev–Trinajstić information content (AvgIpc) is 2.40. The zero-order valence-electron chi connectivity index (χ0n) is 11.5. The number of carbonyl (C=O) groups excluding carboxylic acids is 1. The van der Waals surface area contributed by atoms with Crippen LogP contribution < -0.4 is 10.1 Å². The Morgan fingerprint density at radius 3 is 2.95 bits per heavy atom. The second-order valence-corrected chi connectivity index (χ2v) is 4.33. The second kappa shape index (κ2) is 8.48. The van der Waals surface area contributed by atoms with Crippen LogP contribution in [0.5, 0.6) is 5.75 Å². The Labute approximate surface area is 113 Å². The van der Waals surface area contributed by atoms with Crippen molar-refractivity contribution in [2.75, 3.05) is 33.8 Å². The number of amides is 1. The van der Waals surface area contributed by atoms with E-state index in [0.29, 0.717) is 31.7 Å². The van der Waals surface area contributed by atoms with Crippen LogP contribution in [-0.2, 0) is 4.79 Å². The summed E-state index contributed by atoms with van der Waals surface area (Å²) in [5.41, 5.74) is 0. The lowest BCUT2D eigenvalue weighted by molar-refractivity contribution is -0.130. The number of benzene rings is 1. The van der Waals surface area contributed by atoms with E-state index in [1.807, 2.05) is 7.05 Å². The molecule has 0 saturated carbocycles. The Morgan fingerprint density at radius 2 is 2.26 bits per heavy atom. The SMILES string of the molecule is CNCCN(C)C(=O)CCCOc1cccc(F)c1. The molecule has 19 heavy (non-hydrogen) atoms. The molecule has 0 fully saturated rings. The van der Waals surface area contributed by atoms with Crippen LogP contribution in [0.15, 0.2) is 24.3 Å². The molecule has 0 saturated heterocycles. The van der Waals surface area contributed by atoms with Crippen molar-refractivity contribution in [1.29, 1.82) is 0 Å². The van der Waals surface area contributed by atoms with Gasteiger partial charge in [-0.3, -0.25) is 4.79 Å². The van der Waals surface area contributed by atoms with Crippen molar-refractivity contribution < 1.29 is 13.9 Å². The molecule has 0 bridgehead atoms. The first-order chi connectivity index (χ1) is 9.13. The Kier molecular flexibility index (Phi) is 6.89. The highest BCUT2D eigenvalue weighted by Crippen LogP contribution is 2.12. The van der Waals surface area contributed by atoms with Crippen molar-refractivity contribution in [1.82, 2.24) is 10.2 Å². The molecule has 0 aromatic heterocycles. The average molecular weight is 268 g/mol. The van der Waals surface area contributed by atoms with E-state index in [2.05, 4.69) is 5.32 Å². The normalized spacial score (nSPS) is 10.3. The van der Waals surface area contributed by atoms with Gasteiger partial charge in [-0.2, -0.15) is 0 Å². The first-order valence-electron chi connectivity index (χ1n) is 6.40. The van der Waals surface area contributed by atoms with Crippen LogP contribution in [0, 0.1) is 5.82 Å². The van der Waals surface area contributed by atoms with Crippen molar-refractivity contribution in [3.63, 3.8) is 0 Å². The van der Waals surface area contributed by atoms with Gasteiger partial charge in [0, 0.05) is 32.6 Å². The number of ether oxygens (including phenoxy) is 1. The van der Waals surface area contributed by atoms with E-state index < -0.39 is 0 Å². The summed E-state index contributed by atoms with van der Waals surface area (Å²) >= 11 is 0. The highest BCUT2D eigenvalue weighted by atomic mass is 19.1. The van der Waals surface area contributed by atoms with E-state index >= 15 is 0 Å². The molecule has 1 rings (SSSR count). The number of likely N-dealkylation sites (N-methyl/N-ethyl adjacent to an activating group) is 2. The third-order valence-corrected chi connectivity index (χ3v) is 2.72. The van der Waals surface area contributed by atoms with Gasteiger partial charge in [-0.05, 0) is 25.6 Å². The van der Waals surface area contributed by atoms with Crippen LogP contribution in [0.4, 0.5) is 4.39 Å². The third kappa shape index (κ3) is 6.20. The lowest BCUT2D eigenvalue weighted by atomic mass is 10.3. The van der Waals surface area contributed by atoms with Crippen LogP contribution in [0.2, 0.25) is 0 Å². The molecule has 1 amide bonds. The molecule has 106 valence electrons. The fourth-order valence-corrected chi connectivity index (χ4v) is 1.57. The van der Waals surface area contributed by atoms with Crippen LogP contribution in [0.25, 0.3) is 0 Å². The predicted octanol–water partition coefficient (Wildman–Crippen LogP) is 1.66. The van der Waals surface area contributed by atoms with Crippen molar-refractivity contribution in [2.24, 2.45) is 0 Å². The minimum absolute atomic E-state index is 0.0955. The summed E-state index contributed by atoms with van der Waals surface area (Å²) in [6.45, 7) is 1.89. The Balaban J connectivity index is 2.18. The van der Waals surface area contributed by atoms with Crippen molar-refractivity contribution in [2.45, 2.75) is 12.8 Å². The molecule has 0 unspecified atom stereocenters. The molecule has 1 aromatic carbocycles. The molecular weight excluding hydrogens is 247 g/mol. The maximum absolute atomic E-state index is 12.9. The Bertz CT molecular complexity index is 399. The fourth-order valence-electron chi connectivity index (χ4n) is 1.57. The van der Waals surface area contributed by atoms with Gasteiger partial charge in [-0.15, -0.1) is 0 Å². The Morgan fingerprint density at radius 1 is 1.47 bits per heavy atom. The van der Waals surface area contributed by atoms with Gasteiger partial charge in [0.25, 0.3) is 0 Å². The minimum Gasteiger partial charge on any atom is -0.493 e. The molecule has 0 spiro atoms. The second-order valence-electron chi connectivity index (χ2n) is 4.33. The van der Waals surface area contributed by atoms with Crippen LogP contribution >= 0.6 is 0 Å². The Hall–Kier alpha value is -1.62. The van der Waals surface area contributed by atoms with E-state index in [4.69, 9.17) is 4.74 Å². The first kappa shape index (κ1) is 15.4. The number of hydrogen-bond donors (Lipinski definition) is 1. The molecule has 0 radical (unpaired) electrons. The maximum atomic E-state index is 12.9. The monoisotopic (exact) mass is 268 g/mol. The lowest BCUT2D eigenvalue weighted by Gasteiger charge is -2.16. The van der Waals surface area contributed by atoms with Crippen LogP contribution in [-0.4, -0.2) is 44.6 Å². The molecule has 1 N–H and O–H groups in total. The summed E-state index contributed by atoms with van der Waals surface area (Å²) in [4.78, 5) is 13.4. The van der Waals surface area contributed by atoms with Gasteiger partial charge in [-0.25, -0.2) is 4.39 Å². The van der Waals surface area contributed by atoms with Gasteiger partial charge in [-0.1, -0.05) is 6.07 Å². The van der Waals surface area contributed by atoms with Crippen LogP contribution in [0.3, 0.4) is 0 Å². The van der Waals surface area contributed by atoms with Gasteiger partial charge < -0.3 is 15.0 Å². The molecule has 1 aromatic rings. The van der Waals surface area contributed by atoms with Crippen molar-refractivity contribution >= 4 is 5.91 Å². The van der Waals surface area contributed by atoms with E-state index in [-0.39, 0.29) is 11.7 Å². The third-order valence-electron chi connectivity index (χ3n) is 2.72. The molecule has 0 aliphatic carbocycles. The predicted molar refractivity (Wildman–Crippen MR) is 72.7 cm³/mol. The zero-order chi connectivity index (χ0) is 14.1. The smallest absolute Gasteiger partial charge is 0.222 e. The number of halogens is 1. The number of hydrogen-bond acceptors (Lipinski definition) is 3. The van der Waals surface area contributed by atoms with Crippen LogP contribution in [0.1, 0.15) is 12.8 Å². The number of carbonyl (C=O) groups is 1. The molecule has 0 heterocycles. The summed E-state index contributed by atoms with van der Waals surface area (Å²) < 4.78 is 18.3. The maximum Gasteiger partial charge on any atom is 0.222 e. The number of rotatable bonds is 8. The first-order valence-corrected chi connectivity index (χ1v) is 6.40. The molecular formula is C14H21FN2O2. The molecule has 0 aliphatic rings. The minimum atomic E-state index is -0.319. The van der Waals surface area contributed by atoms with Gasteiger partial charge in [0.15, 0.2) is 0 Å². The largest absolute Gasteiger partial charge is 0.493 e.